The highest BCUT2D eigenvalue weighted by atomic mass is 16.2. The first kappa shape index (κ1) is 25.4. The van der Waals surface area contributed by atoms with Gasteiger partial charge in [-0.05, 0) is 35.9 Å². The summed E-state index contributed by atoms with van der Waals surface area (Å²) in [5.74, 6) is -0.863. The molecule has 9 nitrogen and oxygen atoms in total. The predicted octanol–water partition coefficient (Wildman–Crippen LogP) is 2.44. The van der Waals surface area contributed by atoms with Crippen molar-refractivity contribution in [2.24, 2.45) is 5.41 Å². The van der Waals surface area contributed by atoms with Crippen LogP contribution < -0.4 is 21.5 Å². The van der Waals surface area contributed by atoms with Gasteiger partial charge in [0.25, 0.3) is 17.4 Å². The molecule has 3 amide bonds. The maximum Gasteiger partial charge on any atom is 0.271 e. The van der Waals surface area contributed by atoms with Gasteiger partial charge in [0, 0.05) is 35.8 Å². The van der Waals surface area contributed by atoms with Gasteiger partial charge in [-0.15, -0.1) is 0 Å². The Morgan fingerprint density at radius 1 is 0.829 bits per heavy atom. The standard InChI is InChI=1S/C26H29N5O4/c1-26(2,3)25(35)29-20-11-9-19(10-12-20)23(33)27-15-16-28-24(34)21-13-14-22(32)31(30-21)17-18-7-5-4-6-8-18/h4-14H,15-17H2,1-3H3,(H,27,33)(H,28,34)(H,29,35). The van der Waals surface area contributed by atoms with Crippen LogP contribution in [-0.2, 0) is 11.3 Å². The van der Waals surface area contributed by atoms with Crippen LogP contribution in [0.5, 0.6) is 0 Å². The first-order chi connectivity index (χ1) is 16.6. The van der Waals surface area contributed by atoms with Gasteiger partial charge < -0.3 is 16.0 Å². The van der Waals surface area contributed by atoms with Crippen molar-refractivity contribution in [2.75, 3.05) is 18.4 Å². The smallest absolute Gasteiger partial charge is 0.271 e. The highest BCUT2D eigenvalue weighted by Gasteiger charge is 2.21. The third-order valence-corrected chi connectivity index (χ3v) is 5.06. The van der Waals surface area contributed by atoms with Gasteiger partial charge >= 0.3 is 0 Å². The first-order valence-corrected chi connectivity index (χ1v) is 11.2. The van der Waals surface area contributed by atoms with Gasteiger partial charge in [-0.3, -0.25) is 19.2 Å². The summed E-state index contributed by atoms with van der Waals surface area (Å²) < 4.78 is 1.24. The molecule has 1 heterocycles. The van der Waals surface area contributed by atoms with E-state index in [2.05, 4.69) is 21.0 Å². The second-order valence-corrected chi connectivity index (χ2v) is 8.99. The summed E-state index contributed by atoms with van der Waals surface area (Å²) in [6, 6.07) is 18.6. The molecular formula is C26H29N5O4. The Bertz CT molecular complexity index is 1250. The number of anilines is 1. The van der Waals surface area contributed by atoms with Crippen molar-refractivity contribution in [2.45, 2.75) is 27.3 Å². The quantitative estimate of drug-likeness (QED) is 0.432. The van der Waals surface area contributed by atoms with E-state index in [0.717, 1.165) is 5.56 Å². The van der Waals surface area contributed by atoms with Crippen LogP contribution >= 0.6 is 0 Å². The lowest BCUT2D eigenvalue weighted by atomic mass is 9.95. The molecule has 0 unspecified atom stereocenters. The molecule has 0 spiro atoms. The fourth-order valence-corrected chi connectivity index (χ4v) is 3.01. The molecule has 182 valence electrons. The van der Waals surface area contributed by atoms with Gasteiger partial charge in [0.2, 0.25) is 5.91 Å². The number of rotatable bonds is 8. The summed E-state index contributed by atoms with van der Waals surface area (Å²) in [5.41, 5.74) is 1.22. The van der Waals surface area contributed by atoms with Crippen LogP contribution in [0.2, 0.25) is 0 Å². The largest absolute Gasteiger partial charge is 0.350 e. The van der Waals surface area contributed by atoms with E-state index < -0.39 is 11.3 Å². The van der Waals surface area contributed by atoms with Crippen molar-refractivity contribution in [1.82, 2.24) is 20.4 Å². The molecule has 0 aliphatic rings. The summed E-state index contributed by atoms with van der Waals surface area (Å²) in [4.78, 5) is 48.9. The lowest BCUT2D eigenvalue weighted by Crippen LogP contribution is -2.36. The van der Waals surface area contributed by atoms with Crippen molar-refractivity contribution >= 4 is 23.4 Å². The van der Waals surface area contributed by atoms with E-state index in [1.54, 1.807) is 24.3 Å². The maximum atomic E-state index is 12.4. The Morgan fingerprint density at radius 3 is 2.09 bits per heavy atom. The molecule has 1 aromatic heterocycles. The summed E-state index contributed by atoms with van der Waals surface area (Å²) in [6.45, 7) is 6.11. The normalized spacial score (nSPS) is 10.9. The zero-order chi connectivity index (χ0) is 25.4. The zero-order valence-corrected chi connectivity index (χ0v) is 20.0. The van der Waals surface area contributed by atoms with Gasteiger partial charge in [-0.1, -0.05) is 51.1 Å². The van der Waals surface area contributed by atoms with Gasteiger partial charge in [-0.25, -0.2) is 4.68 Å². The molecule has 0 fully saturated rings. The summed E-state index contributed by atoms with van der Waals surface area (Å²) in [6.07, 6.45) is 0. The van der Waals surface area contributed by atoms with E-state index in [0.29, 0.717) is 11.3 Å². The average Bonchev–Trinajstić information content (AvgIpc) is 2.83. The van der Waals surface area contributed by atoms with Gasteiger partial charge in [-0.2, -0.15) is 5.10 Å². The van der Waals surface area contributed by atoms with Crippen LogP contribution in [0.3, 0.4) is 0 Å². The molecule has 0 aliphatic heterocycles. The van der Waals surface area contributed by atoms with E-state index in [4.69, 9.17) is 0 Å². The minimum Gasteiger partial charge on any atom is -0.350 e. The minimum absolute atomic E-state index is 0.111. The Labute approximate surface area is 203 Å². The second kappa shape index (κ2) is 11.2. The van der Waals surface area contributed by atoms with Crippen LogP contribution in [0.15, 0.2) is 71.5 Å². The molecule has 3 aromatic rings. The van der Waals surface area contributed by atoms with Crippen LogP contribution in [0.4, 0.5) is 5.69 Å². The van der Waals surface area contributed by atoms with Crippen LogP contribution in [-0.4, -0.2) is 40.6 Å². The fraction of sp³-hybridized carbons (Fsp3) is 0.269. The van der Waals surface area contributed by atoms with Crippen LogP contribution in [0, 0.1) is 5.41 Å². The lowest BCUT2D eigenvalue weighted by molar-refractivity contribution is -0.123. The van der Waals surface area contributed by atoms with Crippen LogP contribution in [0.1, 0.15) is 47.2 Å². The van der Waals surface area contributed by atoms with Crippen molar-refractivity contribution in [3.8, 4) is 0 Å². The molecule has 0 saturated heterocycles. The number of amides is 3. The van der Waals surface area contributed by atoms with E-state index in [1.807, 2.05) is 51.1 Å². The molecule has 0 radical (unpaired) electrons. The molecule has 0 saturated carbocycles. The van der Waals surface area contributed by atoms with Crippen molar-refractivity contribution < 1.29 is 14.4 Å². The highest BCUT2D eigenvalue weighted by molar-refractivity contribution is 5.97. The molecule has 35 heavy (non-hydrogen) atoms. The number of benzene rings is 2. The maximum absolute atomic E-state index is 12.4. The summed E-state index contributed by atoms with van der Waals surface area (Å²) >= 11 is 0. The van der Waals surface area contributed by atoms with Crippen molar-refractivity contribution in [3.63, 3.8) is 0 Å². The third kappa shape index (κ3) is 7.36. The number of hydrogen-bond donors (Lipinski definition) is 3. The van der Waals surface area contributed by atoms with Gasteiger partial charge in [0.1, 0.15) is 5.69 Å². The van der Waals surface area contributed by atoms with Crippen LogP contribution in [0.25, 0.3) is 0 Å². The van der Waals surface area contributed by atoms with Gasteiger partial charge in [0.15, 0.2) is 0 Å². The lowest BCUT2D eigenvalue weighted by Gasteiger charge is -2.17. The van der Waals surface area contributed by atoms with Gasteiger partial charge in [0.05, 0.1) is 6.54 Å². The SMILES string of the molecule is CC(C)(C)C(=O)Nc1ccc(C(=O)NCCNC(=O)c2ccc(=O)n(Cc3ccccc3)n2)cc1. The monoisotopic (exact) mass is 475 g/mol. The van der Waals surface area contributed by atoms with E-state index in [1.165, 1.54) is 16.8 Å². The minimum atomic E-state index is -0.519. The molecule has 3 rings (SSSR count). The molecule has 3 N–H and O–H groups in total. The van der Waals surface area contributed by atoms with E-state index in [-0.39, 0.29) is 42.7 Å². The number of nitrogens with zero attached hydrogens (tertiary/aromatic N) is 2. The molecule has 9 heteroatoms. The first-order valence-electron chi connectivity index (χ1n) is 11.2. The Kier molecular flexibility index (Phi) is 8.14. The van der Waals surface area contributed by atoms with E-state index in [9.17, 15) is 19.2 Å². The zero-order valence-electron chi connectivity index (χ0n) is 20.0. The number of carbonyl (C=O) groups excluding carboxylic acids is 3. The number of carbonyl (C=O) groups is 3. The summed E-state index contributed by atoms with van der Waals surface area (Å²) in [5, 5.41) is 12.4. The van der Waals surface area contributed by atoms with Crippen molar-refractivity contribution in [1.29, 1.82) is 0 Å². The topological polar surface area (TPSA) is 122 Å². The average molecular weight is 476 g/mol. The predicted molar refractivity (Wildman–Crippen MR) is 133 cm³/mol. The number of hydrogen-bond acceptors (Lipinski definition) is 5. The molecule has 2 aromatic carbocycles. The molecule has 0 aliphatic carbocycles. The fourth-order valence-electron chi connectivity index (χ4n) is 3.01. The number of aromatic nitrogens is 2. The Morgan fingerprint density at radius 2 is 1.46 bits per heavy atom. The second-order valence-electron chi connectivity index (χ2n) is 8.99. The molecule has 0 bridgehead atoms. The van der Waals surface area contributed by atoms with Crippen molar-refractivity contribution in [3.05, 3.63) is 93.9 Å². The molecular weight excluding hydrogens is 446 g/mol. The Balaban J connectivity index is 1.48. The number of nitrogens with one attached hydrogen (secondary N) is 3. The third-order valence-electron chi connectivity index (χ3n) is 5.06. The highest BCUT2D eigenvalue weighted by Crippen LogP contribution is 2.17. The molecule has 0 atom stereocenters. The Hall–Kier alpha value is -4.27. The van der Waals surface area contributed by atoms with E-state index >= 15 is 0 Å². The summed E-state index contributed by atoms with van der Waals surface area (Å²) in [7, 11) is 0.